The molecule has 1 atom stereocenters. The van der Waals surface area contributed by atoms with E-state index in [-0.39, 0.29) is 5.82 Å². The Morgan fingerprint density at radius 1 is 1.10 bits per heavy atom. The summed E-state index contributed by atoms with van der Waals surface area (Å²) in [6.07, 6.45) is 3.02. The Kier molecular flexibility index (Phi) is 5.76. The molecule has 0 fully saturated rings. The zero-order valence-electron chi connectivity index (χ0n) is 12.5. The molecule has 2 aromatic carbocycles. The third-order valence-corrected chi connectivity index (χ3v) is 3.54. The molecule has 1 unspecified atom stereocenters. The van der Waals surface area contributed by atoms with E-state index >= 15 is 0 Å². The molecular weight excluding hydrogens is 263 g/mol. The minimum absolute atomic E-state index is 0.179. The van der Waals surface area contributed by atoms with Crippen molar-refractivity contribution in [2.45, 2.75) is 32.2 Å². The van der Waals surface area contributed by atoms with Gasteiger partial charge in [0.2, 0.25) is 0 Å². The van der Waals surface area contributed by atoms with Gasteiger partial charge < -0.3 is 11.1 Å². The molecule has 21 heavy (non-hydrogen) atoms. The SMILES string of the molecule is CC(Cc1ccc(F)cc1)NCCCc1cccc(N)c1. The fourth-order valence-electron chi connectivity index (χ4n) is 2.44. The second-order valence-corrected chi connectivity index (χ2v) is 5.53. The zero-order valence-corrected chi connectivity index (χ0v) is 12.5. The number of nitrogens with two attached hydrogens (primary N) is 1. The molecule has 3 N–H and O–H groups in total. The van der Waals surface area contributed by atoms with Crippen molar-refractivity contribution in [1.82, 2.24) is 5.32 Å². The van der Waals surface area contributed by atoms with Crippen LogP contribution in [0.3, 0.4) is 0 Å². The van der Waals surface area contributed by atoms with Crippen molar-refractivity contribution >= 4 is 5.69 Å². The maximum Gasteiger partial charge on any atom is 0.123 e. The lowest BCUT2D eigenvalue weighted by atomic mass is 10.1. The highest BCUT2D eigenvalue weighted by atomic mass is 19.1. The number of halogens is 1. The second-order valence-electron chi connectivity index (χ2n) is 5.53. The molecule has 112 valence electrons. The summed E-state index contributed by atoms with van der Waals surface area (Å²) in [5, 5.41) is 3.51. The van der Waals surface area contributed by atoms with Crippen LogP contribution in [-0.2, 0) is 12.8 Å². The first-order chi connectivity index (χ1) is 10.1. The van der Waals surface area contributed by atoms with Gasteiger partial charge in [-0.3, -0.25) is 0 Å². The van der Waals surface area contributed by atoms with E-state index in [1.807, 2.05) is 30.3 Å². The topological polar surface area (TPSA) is 38.0 Å². The first-order valence-corrected chi connectivity index (χ1v) is 7.46. The molecular formula is C18H23FN2. The van der Waals surface area contributed by atoms with E-state index in [2.05, 4.69) is 18.3 Å². The number of aryl methyl sites for hydroxylation is 1. The average Bonchev–Trinajstić information content (AvgIpc) is 2.46. The number of nitrogen functional groups attached to an aromatic ring is 1. The number of rotatable bonds is 7. The molecule has 0 aliphatic rings. The van der Waals surface area contributed by atoms with Gasteiger partial charge in [0.1, 0.15) is 5.82 Å². The van der Waals surface area contributed by atoms with Crippen molar-refractivity contribution in [3.63, 3.8) is 0 Å². The van der Waals surface area contributed by atoms with Crippen LogP contribution in [0.2, 0.25) is 0 Å². The third-order valence-electron chi connectivity index (χ3n) is 3.54. The Labute approximate surface area is 126 Å². The second kappa shape index (κ2) is 7.79. The summed E-state index contributed by atoms with van der Waals surface area (Å²) >= 11 is 0. The van der Waals surface area contributed by atoms with Crippen LogP contribution in [0.25, 0.3) is 0 Å². The normalized spacial score (nSPS) is 12.3. The molecule has 0 saturated carbocycles. The number of hydrogen-bond donors (Lipinski definition) is 2. The fourth-order valence-corrected chi connectivity index (χ4v) is 2.44. The van der Waals surface area contributed by atoms with Gasteiger partial charge in [0.05, 0.1) is 0 Å². The molecule has 0 aliphatic carbocycles. The summed E-state index contributed by atoms with van der Waals surface area (Å²) in [5.74, 6) is -0.179. The maximum absolute atomic E-state index is 12.8. The summed E-state index contributed by atoms with van der Waals surface area (Å²) < 4.78 is 12.8. The van der Waals surface area contributed by atoms with Crippen molar-refractivity contribution in [3.8, 4) is 0 Å². The van der Waals surface area contributed by atoms with Gasteiger partial charge in [-0.1, -0.05) is 24.3 Å². The molecule has 3 heteroatoms. The molecule has 0 bridgehead atoms. The molecule has 2 rings (SSSR count). The van der Waals surface area contributed by atoms with Crippen LogP contribution in [0.15, 0.2) is 48.5 Å². The van der Waals surface area contributed by atoms with Gasteiger partial charge in [-0.25, -0.2) is 4.39 Å². The molecule has 0 spiro atoms. The number of anilines is 1. The lowest BCUT2D eigenvalue weighted by molar-refractivity contribution is 0.533. The van der Waals surface area contributed by atoms with Gasteiger partial charge in [-0.2, -0.15) is 0 Å². The van der Waals surface area contributed by atoms with E-state index in [1.54, 1.807) is 0 Å². The predicted octanol–water partition coefficient (Wildman–Crippen LogP) is 3.56. The van der Waals surface area contributed by atoms with E-state index in [9.17, 15) is 4.39 Å². The highest BCUT2D eigenvalue weighted by Gasteiger charge is 2.03. The highest BCUT2D eigenvalue weighted by molar-refractivity contribution is 5.40. The van der Waals surface area contributed by atoms with Crippen LogP contribution in [0, 0.1) is 5.82 Å². The summed E-state index contributed by atoms with van der Waals surface area (Å²) in [5.41, 5.74) is 9.03. The van der Waals surface area contributed by atoms with Crippen LogP contribution >= 0.6 is 0 Å². The molecule has 0 aliphatic heterocycles. The zero-order chi connectivity index (χ0) is 15.1. The van der Waals surface area contributed by atoms with Crippen LogP contribution in [-0.4, -0.2) is 12.6 Å². The number of nitrogens with one attached hydrogen (secondary N) is 1. The van der Waals surface area contributed by atoms with Crippen molar-refractivity contribution < 1.29 is 4.39 Å². The van der Waals surface area contributed by atoms with Crippen molar-refractivity contribution in [2.75, 3.05) is 12.3 Å². The average molecular weight is 286 g/mol. The molecule has 0 radical (unpaired) electrons. The minimum Gasteiger partial charge on any atom is -0.399 e. The van der Waals surface area contributed by atoms with Gasteiger partial charge in [0.25, 0.3) is 0 Å². The Bertz CT molecular complexity index is 551. The van der Waals surface area contributed by atoms with Crippen LogP contribution < -0.4 is 11.1 Å². The van der Waals surface area contributed by atoms with E-state index < -0.39 is 0 Å². The lowest BCUT2D eigenvalue weighted by Crippen LogP contribution is -2.29. The van der Waals surface area contributed by atoms with E-state index in [0.29, 0.717) is 6.04 Å². The Hall–Kier alpha value is -1.87. The monoisotopic (exact) mass is 286 g/mol. The predicted molar refractivity (Wildman–Crippen MR) is 86.7 cm³/mol. The fraction of sp³-hybridized carbons (Fsp3) is 0.333. The molecule has 2 aromatic rings. The molecule has 0 amide bonds. The van der Waals surface area contributed by atoms with Gasteiger partial charge in [-0.15, -0.1) is 0 Å². The van der Waals surface area contributed by atoms with Crippen molar-refractivity contribution in [2.24, 2.45) is 0 Å². The quantitative estimate of drug-likeness (QED) is 0.603. The Morgan fingerprint density at radius 2 is 1.86 bits per heavy atom. The standard InChI is InChI=1S/C18H23FN2/c1-14(12-16-7-9-17(19)10-8-16)21-11-3-5-15-4-2-6-18(20)13-15/h2,4,6-10,13-14,21H,3,5,11-12,20H2,1H3. The van der Waals surface area contributed by atoms with Crippen molar-refractivity contribution in [3.05, 3.63) is 65.5 Å². The third kappa shape index (κ3) is 5.56. The Morgan fingerprint density at radius 3 is 2.57 bits per heavy atom. The van der Waals surface area contributed by atoms with Gasteiger partial charge in [-0.05, 0) is 68.1 Å². The summed E-state index contributed by atoms with van der Waals surface area (Å²) in [6.45, 7) is 3.13. The van der Waals surface area contributed by atoms with E-state index in [4.69, 9.17) is 5.73 Å². The van der Waals surface area contributed by atoms with Gasteiger partial charge in [0, 0.05) is 11.7 Å². The number of benzene rings is 2. The summed E-state index contributed by atoms with van der Waals surface area (Å²) in [6, 6.07) is 15.2. The van der Waals surface area contributed by atoms with Gasteiger partial charge in [0.15, 0.2) is 0 Å². The largest absolute Gasteiger partial charge is 0.399 e. The number of hydrogen-bond acceptors (Lipinski definition) is 2. The van der Waals surface area contributed by atoms with Crippen molar-refractivity contribution in [1.29, 1.82) is 0 Å². The highest BCUT2D eigenvalue weighted by Crippen LogP contribution is 2.09. The molecule has 2 nitrogen and oxygen atoms in total. The van der Waals surface area contributed by atoms with Crippen LogP contribution in [0.1, 0.15) is 24.5 Å². The molecule has 0 aromatic heterocycles. The van der Waals surface area contributed by atoms with Crippen LogP contribution in [0.4, 0.5) is 10.1 Å². The van der Waals surface area contributed by atoms with E-state index in [1.165, 1.54) is 17.7 Å². The minimum atomic E-state index is -0.179. The summed E-state index contributed by atoms with van der Waals surface area (Å²) in [7, 11) is 0. The first kappa shape index (κ1) is 15.5. The lowest BCUT2D eigenvalue weighted by Gasteiger charge is -2.14. The molecule has 0 heterocycles. The maximum atomic E-state index is 12.8. The van der Waals surface area contributed by atoms with E-state index in [0.717, 1.165) is 37.1 Å². The Balaban J connectivity index is 1.67. The summed E-state index contributed by atoms with van der Waals surface area (Å²) in [4.78, 5) is 0. The molecule has 0 saturated heterocycles. The van der Waals surface area contributed by atoms with Gasteiger partial charge >= 0.3 is 0 Å². The van der Waals surface area contributed by atoms with Crippen LogP contribution in [0.5, 0.6) is 0 Å². The smallest absolute Gasteiger partial charge is 0.123 e. The first-order valence-electron chi connectivity index (χ1n) is 7.46.